The zero-order valence-electron chi connectivity index (χ0n) is 5.43. The van der Waals surface area contributed by atoms with E-state index in [1.165, 1.54) is 0 Å². The molecule has 0 aliphatic carbocycles. The minimum atomic E-state index is 0.662. The predicted molar refractivity (Wildman–Crippen MR) is 39.7 cm³/mol. The summed E-state index contributed by atoms with van der Waals surface area (Å²) in [6.07, 6.45) is 5.70. The molecule has 2 heteroatoms. The minimum Gasteiger partial charge on any atom is -0.347 e. The Balaban J connectivity index is 3.51. The molecule has 2 nitrogen and oxygen atoms in total. The molecule has 0 unspecified atom stereocenters. The van der Waals surface area contributed by atoms with Crippen LogP contribution in [0.25, 0.3) is 0 Å². The SMILES string of the molecule is C=CCN([C]=N)CC=C. The Morgan fingerprint density at radius 2 is 1.78 bits per heavy atom. The van der Waals surface area contributed by atoms with Crippen molar-refractivity contribution in [1.29, 1.82) is 5.41 Å². The quantitative estimate of drug-likeness (QED) is 0.252. The molecule has 0 saturated carbocycles. The third-order valence-electron chi connectivity index (χ3n) is 0.857. The third kappa shape index (κ3) is 3.53. The number of nitrogens with zero attached hydrogens (tertiary/aromatic N) is 1. The second-order valence-corrected chi connectivity index (χ2v) is 1.59. The van der Waals surface area contributed by atoms with Gasteiger partial charge in [-0.3, -0.25) is 5.41 Å². The molecule has 0 aromatic heterocycles. The van der Waals surface area contributed by atoms with Gasteiger partial charge in [0, 0.05) is 13.1 Å². The number of rotatable bonds is 5. The summed E-state index contributed by atoms with van der Waals surface area (Å²) >= 11 is 0. The van der Waals surface area contributed by atoms with Crippen molar-refractivity contribution in [3.8, 4) is 0 Å². The highest BCUT2D eigenvalue weighted by Crippen LogP contribution is 1.81. The van der Waals surface area contributed by atoms with Crippen molar-refractivity contribution in [2.24, 2.45) is 0 Å². The highest BCUT2D eigenvalue weighted by Gasteiger charge is 1.90. The zero-order valence-corrected chi connectivity index (χ0v) is 5.43. The largest absolute Gasteiger partial charge is 0.347 e. The van der Waals surface area contributed by atoms with Gasteiger partial charge in [-0.2, -0.15) is 0 Å². The molecule has 0 aliphatic rings. The van der Waals surface area contributed by atoms with Crippen molar-refractivity contribution in [3.63, 3.8) is 0 Å². The summed E-state index contributed by atoms with van der Waals surface area (Å²) in [5.74, 6) is 0. The van der Waals surface area contributed by atoms with Crippen LogP contribution in [0.5, 0.6) is 0 Å². The van der Waals surface area contributed by atoms with Crippen LogP contribution in [0.1, 0.15) is 0 Å². The molecule has 0 atom stereocenters. The molecule has 49 valence electrons. The highest BCUT2D eigenvalue weighted by atomic mass is 15.1. The molecule has 0 spiro atoms. The fraction of sp³-hybridized carbons (Fsp3) is 0.286. The average Bonchev–Trinajstić information content (AvgIpc) is 1.88. The van der Waals surface area contributed by atoms with Gasteiger partial charge in [-0.25, -0.2) is 0 Å². The van der Waals surface area contributed by atoms with E-state index in [-0.39, 0.29) is 0 Å². The Morgan fingerprint density at radius 3 is 2.00 bits per heavy atom. The number of nitrogens with one attached hydrogen (secondary N) is 1. The maximum atomic E-state index is 6.75. The van der Waals surface area contributed by atoms with E-state index >= 15 is 0 Å². The van der Waals surface area contributed by atoms with Crippen LogP contribution in [-0.2, 0) is 0 Å². The van der Waals surface area contributed by atoms with Crippen LogP contribution in [0.2, 0.25) is 0 Å². The first-order valence-electron chi connectivity index (χ1n) is 2.74. The summed E-state index contributed by atoms with van der Waals surface area (Å²) < 4.78 is 0. The summed E-state index contributed by atoms with van der Waals surface area (Å²) in [6, 6.07) is 0. The fourth-order valence-electron chi connectivity index (χ4n) is 0.477. The molecule has 0 bridgehead atoms. The first kappa shape index (κ1) is 7.95. The third-order valence-corrected chi connectivity index (χ3v) is 0.857. The predicted octanol–water partition coefficient (Wildman–Crippen LogP) is 1.14. The molecule has 1 radical (unpaired) electrons. The highest BCUT2D eigenvalue weighted by molar-refractivity contribution is 5.51. The van der Waals surface area contributed by atoms with Crippen LogP contribution in [-0.4, -0.2) is 24.3 Å². The smallest absolute Gasteiger partial charge is 0.164 e. The summed E-state index contributed by atoms with van der Waals surface area (Å²) in [7, 11) is 0. The van der Waals surface area contributed by atoms with Crippen LogP contribution in [0.4, 0.5) is 0 Å². The van der Waals surface area contributed by atoms with E-state index in [9.17, 15) is 0 Å². The molecule has 0 heterocycles. The molecule has 0 fully saturated rings. The summed E-state index contributed by atoms with van der Waals surface area (Å²) in [6.45, 7) is 8.39. The van der Waals surface area contributed by atoms with Crippen molar-refractivity contribution < 1.29 is 0 Å². The second-order valence-electron chi connectivity index (χ2n) is 1.59. The Morgan fingerprint density at radius 1 is 1.33 bits per heavy atom. The van der Waals surface area contributed by atoms with Crippen molar-refractivity contribution >= 4 is 6.34 Å². The first-order chi connectivity index (χ1) is 4.35. The molecular formula is C7H11N2. The van der Waals surface area contributed by atoms with Gasteiger partial charge < -0.3 is 4.90 Å². The van der Waals surface area contributed by atoms with E-state index in [4.69, 9.17) is 5.41 Å². The summed E-state index contributed by atoms with van der Waals surface area (Å²) in [5.41, 5.74) is 0. The molecule has 0 aromatic rings. The topological polar surface area (TPSA) is 27.1 Å². The number of hydrogen-bond donors (Lipinski definition) is 1. The lowest BCUT2D eigenvalue weighted by Crippen LogP contribution is -2.20. The second kappa shape index (κ2) is 5.09. The molecule has 0 saturated heterocycles. The zero-order chi connectivity index (χ0) is 7.11. The minimum absolute atomic E-state index is 0.662. The van der Waals surface area contributed by atoms with E-state index in [1.807, 2.05) is 0 Å². The van der Waals surface area contributed by atoms with Crippen molar-refractivity contribution in [1.82, 2.24) is 4.90 Å². The van der Waals surface area contributed by atoms with E-state index in [0.717, 1.165) is 0 Å². The molecular weight excluding hydrogens is 112 g/mol. The Bertz CT molecular complexity index is 97.5. The standard InChI is InChI=1S/C7H11N2/c1-3-5-9(7-8)6-4-2/h3-4,8H,1-2,5-6H2. The van der Waals surface area contributed by atoms with Crippen LogP contribution in [0, 0.1) is 5.41 Å². The Kier molecular flexibility index (Phi) is 4.50. The van der Waals surface area contributed by atoms with Gasteiger partial charge in [0.25, 0.3) is 0 Å². The van der Waals surface area contributed by atoms with Gasteiger partial charge in [-0.15, -0.1) is 13.2 Å². The van der Waals surface area contributed by atoms with E-state index in [2.05, 4.69) is 19.5 Å². The van der Waals surface area contributed by atoms with E-state index in [0.29, 0.717) is 13.1 Å². The van der Waals surface area contributed by atoms with Crippen molar-refractivity contribution in [2.75, 3.05) is 13.1 Å². The lowest BCUT2D eigenvalue weighted by Gasteiger charge is -2.11. The molecule has 1 N–H and O–H groups in total. The molecule has 0 amide bonds. The van der Waals surface area contributed by atoms with Gasteiger partial charge in [-0.1, -0.05) is 12.2 Å². The molecule has 0 rings (SSSR count). The molecule has 9 heavy (non-hydrogen) atoms. The van der Waals surface area contributed by atoms with Gasteiger partial charge in [0.05, 0.1) is 0 Å². The van der Waals surface area contributed by atoms with Crippen LogP contribution >= 0.6 is 0 Å². The molecule has 0 aromatic carbocycles. The molecule has 0 aliphatic heterocycles. The summed E-state index contributed by atoms with van der Waals surface area (Å²) in [5, 5.41) is 6.75. The van der Waals surface area contributed by atoms with E-state index in [1.54, 1.807) is 17.1 Å². The maximum Gasteiger partial charge on any atom is 0.164 e. The first-order valence-corrected chi connectivity index (χ1v) is 2.74. The average molecular weight is 123 g/mol. The fourth-order valence-corrected chi connectivity index (χ4v) is 0.477. The van der Waals surface area contributed by atoms with Crippen LogP contribution in [0.3, 0.4) is 0 Å². The van der Waals surface area contributed by atoms with Crippen molar-refractivity contribution in [2.45, 2.75) is 0 Å². The van der Waals surface area contributed by atoms with Gasteiger partial charge in [0.2, 0.25) is 0 Å². The maximum absolute atomic E-state index is 6.75. The van der Waals surface area contributed by atoms with Gasteiger partial charge in [-0.05, 0) is 0 Å². The Labute approximate surface area is 56.0 Å². The van der Waals surface area contributed by atoms with Crippen LogP contribution in [0.15, 0.2) is 25.3 Å². The lowest BCUT2D eigenvalue weighted by atomic mass is 10.5. The normalized spacial score (nSPS) is 8.00. The Hall–Kier alpha value is -1.05. The van der Waals surface area contributed by atoms with Crippen LogP contribution < -0.4 is 0 Å². The van der Waals surface area contributed by atoms with Crippen molar-refractivity contribution in [3.05, 3.63) is 25.3 Å². The van der Waals surface area contributed by atoms with Gasteiger partial charge in [0.15, 0.2) is 6.34 Å². The monoisotopic (exact) mass is 123 g/mol. The summed E-state index contributed by atoms with van der Waals surface area (Å²) in [4.78, 5) is 1.67. The van der Waals surface area contributed by atoms with Gasteiger partial charge in [0.1, 0.15) is 0 Å². The van der Waals surface area contributed by atoms with E-state index < -0.39 is 0 Å². The lowest BCUT2D eigenvalue weighted by molar-refractivity contribution is 0.526. The van der Waals surface area contributed by atoms with Gasteiger partial charge >= 0.3 is 0 Å². The number of hydrogen-bond acceptors (Lipinski definition) is 1.